The van der Waals surface area contributed by atoms with Gasteiger partial charge in [0.25, 0.3) is 6.33 Å². The third-order valence-corrected chi connectivity index (χ3v) is 11.4. The van der Waals surface area contributed by atoms with Crippen LogP contribution in [0.1, 0.15) is 5.56 Å². The van der Waals surface area contributed by atoms with Crippen molar-refractivity contribution in [2.45, 2.75) is 6.92 Å². The van der Waals surface area contributed by atoms with Gasteiger partial charge in [0.1, 0.15) is 5.82 Å². The number of para-hydroxylation sites is 4. The molecule has 0 spiro atoms. The molecule has 0 bridgehead atoms. The minimum absolute atomic E-state index is 0. The molecule has 12 aromatic rings. The standard InChI is InChI=1S/C53H32N4O.Pt/c1-34-22-26-42-36(30-34)23-27-45-51(42)52-41-17-6-5-12-35(41)24-29-46(52)54-53(45)57-47-19-8-7-18-43(47)44-28-25-40(32-50(44)57)58-39-16-11-15-38(31-39)56-33-55(37-13-3-2-4-14-37)48-20-9-10-21-49(48)56;/h2-30H,1H3;/q-2;. The van der Waals surface area contributed by atoms with Gasteiger partial charge < -0.3 is 13.9 Å². The van der Waals surface area contributed by atoms with Crippen molar-refractivity contribution in [1.82, 2.24) is 14.1 Å². The molecule has 0 saturated carbocycles. The summed E-state index contributed by atoms with van der Waals surface area (Å²) in [5, 5.41) is 10.4. The molecule has 59 heavy (non-hydrogen) atoms. The van der Waals surface area contributed by atoms with Crippen molar-refractivity contribution in [3.63, 3.8) is 0 Å². The smallest absolute Gasteiger partial charge is 0.268 e. The fourth-order valence-electron chi connectivity index (χ4n) is 8.77. The van der Waals surface area contributed by atoms with E-state index in [0.29, 0.717) is 11.5 Å². The molecule has 5 nitrogen and oxygen atoms in total. The first-order valence-electron chi connectivity index (χ1n) is 19.5. The van der Waals surface area contributed by atoms with Crippen LogP contribution in [0.3, 0.4) is 0 Å². The Morgan fingerprint density at radius 1 is 0.542 bits per heavy atom. The van der Waals surface area contributed by atoms with Crippen LogP contribution < -0.4 is 9.30 Å². The summed E-state index contributed by atoms with van der Waals surface area (Å²) in [5.41, 5.74) is 8.05. The first kappa shape index (κ1) is 35.1. The zero-order valence-corrected chi connectivity index (χ0v) is 34.0. The van der Waals surface area contributed by atoms with Gasteiger partial charge in [-0.1, -0.05) is 126 Å². The number of pyridine rings is 1. The van der Waals surface area contributed by atoms with Crippen LogP contribution in [-0.4, -0.2) is 14.1 Å². The van der Waals surface area contributed by atoms with Crippen molar-refractivity contribution in [3.05, 3.63) is 200 Å². The molecule has 0 fully saturated rings. The van der Waals surface area contributed by atoms with E-state index < -0.39 is 0 Å². The van der Waals surface area contributed by atoms with Crippen LogP contribution >= 0.6 is 0 Å². The molecule has 3 heterocycles. The second-order valence-electron chi connectivity index (χ2n) is 14.9. The Morgan fingerprint density at radius 3 is 2.15 bits per heavy atom. The number of aromatic nitrogens is 4. The zero-order valence-electron chi connectivity index (χ0n) is 31.8. The number of ether oxygens (including phenoxy) is 1. The summed E-state index contributed by atoms with van der Waals surface area (Å²) in [6.45, 7) is 2.15. The Balaban J connectivity index is 0.00000397. The molecule has 282 valence electrons. The van der Waals surface area contributed by atoms with E-state index in [1.165, 1.54) is 32.5 Å². The van der Waals surface area contributed by atoms with Gasteiger partial charge in [-0.3, -0.25) is 4.57 Å². The Morgan fingerprint density at radius 2 is 1.25 bits per heavy atom. The molecule has 0 atom stereocenters. The quantitative estimate of drug-likeness (QED) is 0.0979. The van der Waals surface area contributed by atoms with Crippen LogP contribution in [0.15, 0.2) is 176 Å². The monoisotopic (exact) mass is 935 g/mol. The maximum atomic E-state index is 6.63. The van der Waals surface area contributed by atoms with Gasteiger partial charge in [-0.05, 0) is 69.9 Å². The average molecular weight is 936 g/mol. The second-order valence-corrected chi connectivity index (χ2v) is 14.9. The maximum Gasteiger partial charge on any atom is 0.268 e. The van der Waals surface area contributed by atoms with Crippen LogP contribution in [0.2, 0.25) is 0 Å². The van der Waals surface area contributed by atoms with Crippen molar-refractivity contribution < 1.29 is 30.4 Å². The van der Waals surface area contributed by atoms with Crippen molar-refractivity contribution in [1.29, 1.82) is 0 Å². The second kappa shape index (κ2) is 13.8. The van der Waals surface area contributed by atoms with E-state index in [-0.39, 0.29) is 21.1 Å². The van der Waals surface area contributed by atoms with Gasteiger partial charge in [0.05, 0.1) is 22.2 Å². The number of hydrogen-bond donors (Lipinski definition) is 0. The predicted molar refractivity (Wildman–Crippen MR) is 235 cm³/mol. The maximum absolute atomic E-state index is 6.63. The number of fused-ring (bicyclic) bond motifs is 11. The van der Waals surface area contributed by atoms with Gasteiger partial charge in [0, 0.05) is 54.2 Å². The summed E-state index contributed by atoms with van der Waals surface area (Å²) in [4.78, 5) is 5.52. The molecule has 6 heteroatoms. The zero-order chi connectivity index (χ0) is 38.3. The van der Waals surface area contributed by atoms with E-state index in [1.807, 2.05) is 53.1 Å². The predicted octanol–water partition coefficient (Wildman–Crippen LogP) is 12.5. The van der Waals surface area contributed by atoms with E-state index in [9.17, 15) is 0 Å². The molecule has 0 amide bonds. The number of rotatable bonds is 5. The molecule has 0 saturated heterocycles. The summed E-state index contributed by atoms with van der Waals surface area (Å²) in [5.74, 6) is 2.02. The minimum atomic E-state index is 0. The van der Waals surface area contributed by atoms with Crippen molar-refractivity contribution in [2.75, 3.05) is 0 Å². The first-order chi connectivity index (χ1) is 28.7. The summed E-state index contributed by atoms with van der Waals surface area (Å²) >= 11 is 0. The van der Waals surface area contributed by atoms with Crippen molar-refractivity contribution in [2.24, 2.45) is 0 Å². The fraction of sp³-hybridized carbons (Fsp3) is 0.0189. The van der Waals surface area contributed by atoms with Gasteiger partial charge in [0.2, 0.25) is 0 Å². The van der Waals surface area contributed by atoms with E-state index in [2.05, 4.69) is 162 Å². The van der Waals surface area contributed by atoms with Crippen LogP contribution in [0, 0.1) is 25.4 Å². The molecule has 0 N–H and O–H groups in total. The molecule has 0 radical (unpaired) electrons. The minimum Gasteiger partial charge on any atom is -0.510 e. The van der Waals surface area contributed by atoms with Crippen molar-refractivity contribution >= 4 is 76.1 Å². The molecule has 12 rings (SSSR count). The Labute approximate surface area is 354 Å². The molecule has 0 aliphatic rings. The Kier molecular flexibility index (Phi) is 8.21. The van der Waals surface area contributed by atoms with Crippen LogP contribution in [0.5, 0.6) is 11.5 Å². The number of imidazole rings is 1. The summed E-state index contributed by atoms with van der Waals surface area (Å²) < 4.78 is 13.0. The molecular weight excluding hydrogens is 904 g/mol. The molecule has 9 aromatic carbocycles. The molecule has 0 unspecified atom stereocenters. The number of hydrogen-bond acceptors (Lipinski definition) is 2. The number of nitrogens with zero attached hydrogens (tertiary/aromatic N) is 4. The van der Waals surface area contributed by atoms with Crippen molar-refractivity contribution in [3.8, 4) is 28.7 Å². The molecule has 0 aliphatic heterocycles. The van der Waals surface area contributed by atoms with E-state index in [1.54, 1.807) is 0 Å². The molecule has 3 aromatic heterocycles. The van der Waals surface area contributed by atoms with E-state index >= 15 is 0 Å². The summed E-state index contributed by atoms with van der Waals surface area (Å²) in [7, 11) is 0. The fourth-order valence-corrected chi connectivity index (χ4v) is 8.77. The number of benzene rings is 9. The van der Waals surface area contributed by atoms with Gasteiger partial charge in [-0.15, -0.1) is 29.7 Å². The largest absolute Gasteiger partial charge is 0.510 e. The third-order valence-electron chi connectivity index (χ3n) is 11.4. The van der Waals surface area contributed by atoms with Crippen LogP contribution in [-0.2, 0) is 21.1 Å². The van der Waals surface area contributed by atoms with Gasteiger partial charge >= 0.3 is 0 Å². The molecule has 0 aliphatic carbocycles. The third kappa shape index (κ3) is 5.57. The van der Waals surface area contributed by atoms with E-state index in [4.69, 9.17) is 9.72 Å². The van der Waals surface area contributed by atoms with Crippen LogP contribution in [0.4, 0.5) is 0 Å². The summed E-state index contributed by atoms with van der Waals surface area (Å²) in [6, 6.07) is 68.6. The van der Waals surface area contributed by atoms with Crippen LogP contribution in [0.25, 0.3) is 93.3 Å². The van der Waals surface area contributed by atoms with Gasteiger partial charge in [0.15, 0.2) is 0 Å². The summed E-state index contributed by atoms with van der Waals surface area (Å²) in [6.07, 6.45) is 3.56. The molecular formula is C53H32N4OPt-2. The average Bonchev–Trinajstić information content (AvgIpc) is 3.82. The SMILES string of the molecule is Cc1ccc2c(ccc3c(-n4c5[c-]c(Oc6[c-]c(-n7[c-][n+](-c8ccccc8)c8ccccc87)ccc6)ccc5c5ccccc54)nc4ccc5ccccc5c4c32)c1.[Pt]. The number of aryl methyl sites for hydroxylation is 1. The van der Waals surface area contributed by atoms with Gasteiger partial charge in [-0.25, -0.2) is 4.98 Å². The normalized spacial score (nSPS) is 11.7. The van der Waals surface area contributed by atoms with Gasteiger partial charge in [-0.2, -0.15) is 18.2 Å². The Bertz CT molecular complexity index is 3620. The Hall–Kier alpha value is -7.07. The van der Waals surface area contributed by atoms with E-state index in [0.717, 1.165) is 66.3 Å². The topological polar surface area (TPSA) is 35.9 Å². The first-order valence-corrected chi connectivity index (χ1v) is 19.5.